The predicted octanol–water partition coefficient (Wildman–Crippen LogP) is 3.07. The summed E-state index contributed by atoms with van der Waals surface area (Å²) in [6, 6.07) is 1.23. The van der Waals surface area contributed by atoms with Crippen molar-refractivity contribution in [2.45, 2.75) is 32.6 Å². The number of hydrogen-bond donors (Lipinski definition) is 4. The van der Waals surface area contributed by atoms with E-state index in [2.05, 4.69) is 21.9 Å². The standard InChI is InChI=1S/C14H23N3O3S/c1-10-9-11(12(16-10)13(18)19)17-14(20)15-7-5-3-4-6-8-21-2/h9,16H,3-8H2,1-2H3,(H,18,19)(H2,15,17,20). The smallest absolute Gasteiger partial charge is 0.354 e. The van der Waals surface area contributed by atoms with Crippen LogP contribution in [0.1, 0.15) is 41.9 Å². The molecular formula is C14H23N3O3S. The average Bonchev–Trinajstić information content (AvgIpc) is 2.78. The molecule has 0 bridgehead atoms. The zero-order chi connectivity index (χ0) is 15.7. The molecule has 1 rings (SSSR count). The van der Waals surface area contributed by atoms with Crippen LogP contribution in [0.2, 0.25) is 0 Å². The van der Waals surface area contributed by atoms with E-state index in [0.29, 0.717) is 12.2 Å². The summed E-state index contributed by atoms with van der Waals surface area (Å²) < 4.78 is 0. The van der Waals surface area contributed by atoms with Crippen molar-refractivity contribution in [1.29, 1.82) is 0 Å². The highest BCUT2D eigenvalue weighted by Crippen LogP contribution is 2.16. The topological polar surface area (TPSA) is 94.2 Å². The number of unbranched alkanes of at least 4 members (excludes halogenated alkanes) is 3. The van der Waals surface area contributed by atoms with Crippen LogP contribution in [0.25, 0.3) is 0 Å². The van der Waals surface area contributed by atoms with Crippen LogP contribution < -0.4 is 10.6 Å². The van der Waals surface area contributed by atoms with Gasteiger partial charge in [0.25, 0.3) is 0 Å². The third-order valence-electron chi connectivity index (χ3n) is 2.98. The van der Waals surface area contributed by atoms with Crippen LogP contribution in [0, 0.1) is 6.92 Å². The maximum Gasteiger partial charge on any atom is 0.354 e. The highest BCUT2D eigenvalue weighted by Gasteiger charge is 2.14. The van der Waals surface area contributed by atoms with E-state index in [1.807, 2.05) is 11.8 Å². The second-order valence-electron chi connectivity index (χ2n) is 4.83. The van der Waals surface area contributed by atoms with Gasteiger partial charge in [0.05, 0.1) is 5.69 Å². The SMILES string of the molecule is CSCCCCCCNC(=O)Nc1cc(C)[nH]c1C(=O)O. The van der Waals surface area contributed by atoms with Crippen molar-refractivity contribution in [1.82, 2.24) is 10.3 Å². The van der Waals surface area contributed by atoms with E-state index in [-0.39, 0.29) is 17.4 Å². The Balaban J connectivity index is 2.26. The van der Waals surface area contributed by atoms with E-state index in [1.54, 1.807) is 13.0 Å². The van der Waals surface area contributed by atoms with Crippen LogP contribution in [-0.2, 0) is 0 Å². The Hall–Kier alpha value is -1.63. The van der Waals surface area contributed by atoms with Gasteiger partial charge in [-0.1, -0.05) is 12.8 Å². The number of carbonyl (C=O) groups is 2. The van der Waals surface area contributed by atoms with Gasteiger partial charge in [0.2, 0.25) is 0 Å². The number of urea groups is 1. The van der Waals surface area contributed by atoms with Crippen LogP contribution in [0.4, 0.5) is 10.5 Å². The molecule has 4 N–H and O–H groups in total. The van der Waals surface area contributed by atoms with Gasteiger partial charge in [-0.25, -0.2) is 9.59 Å². The third kappa shape index (κ3) is 6.57. The maximum atomic E-state index is 11.7. The molecule has 0 radical (unpaired) electrons. The first-order chi connectivity index (χ1) is 10.0. The molecule has 0 aromatic carbocycles. The number of anilines is 1. The van der Waals surface area contributed by atoms with E-state index < -0.39 is 5.97 Å². The summed E-state index contributed by atoms with van der Waals surface area (Å²) in [5.41, 5.74) is 0.980. The van der Waals surface area contributed by atoms with Crippen LogP contribution in [0.15, 0.2) is 6.07 Å². The molecule has 0 aliphatic heterocycles. The van der Waals surface area contributed by atoms with Crippen molar-refractivity contribution in [3.8, 4) is 0 Å². The number of H-pyrrole nitrogens is 1. The Morgan fingerprint density at radius 3 is 2.67 bits per heavy atom. The van der Waals surface area contributed by atoms with Gasteiger partial charge in [0.15, 0.2) is 0 Å². The summed E-state index contributed by atoms with van der Waals surface area (Å²) in [6.07, 6.45) is 6.49. The molecule has 118 valence electrons. The Morgan fingerprint density at radius 2 is 2.00 bits per heavy atom. The Kier molecular flexibility index (Phi) is 7.74. The van der Waals surface area contributed by atoms with Gasteiger partial charge in [-0.05, 0) is 37.8 Å². The normalized spacial score (nSPS) is 10.4. The molecule has 21 heavy (non-hydrogen) atoms. The Bertz CT molecular complexity index is 474. The van der Waals surface area contributed by atoms with Gasteiger partial charge in [-0.2, -0.15) is 11.8 Å². The minimum atomic E-state index is -1.09. The first-order valence-corrected chi connectivity index (χ1v) is 8.40. The molecule has 0 saturated heterocycles. The zero-order valence-electron chi connectivity index (χ0n) is 12.5. The minimum Gasteiger partial charge on any atom is -0.477 e. The summed E-state index contributed by atoms with van der Waals surface area (Å²) in [4.78, 5) is 25.4. The molecule has 0 saturated carbocycles. The molecule has 0 fully saturated rings. The fourth-order valence-corrected chi connectivity index (χ4v) is 2.44. The molecule has 6 nitrogen and oxygen atoms in total. The van der Waals surface area contributed by atoms with Crippen LogP contribution in [0.5, 0.6) is 0 Å². The molecular weight excluding hydrogens is 290 g/mol. The zero-order valence-corrected chi connectivity index (χ0v) is 13.3. The van der Waals surface area contributed by atoms with Gasteiger partial charge in [-0.3, -0.25) is 0 Å². The Morgan fingerprint density at radius 1 is 1.29 bits per heavy atom. The fraction of sp³-hybridized carbons (Fsp3) is 0.571. The summed E-state index contributed by atoms with van der Waals surface area (Å²) in [5, 5.41) is 14.3. The van der Waals surface area contributed by atoms with E-state index >= 15 is 0 Å². The van der Waals surface area contributed by atoms with Gasteiger partial charge < -0.3 is 20.7 Å². The van der Waals surface area contributed by atoms with E-state index in [9.17, 15) is 9.59 Å². The molecule has 0 aliphatic rings. The lowest BCUT2D eigenvalue weighted by Gasteiger charge is -2.07. The van der Waals surface area contributed by atoms with Crippen LogP contribution in [-0.4, -0.2) is 40.6 Å². The average molecular weight is 313 g/mol. The van der Waals surface area contributed by atoms with Crippen molar-refractivity contribution >= 4 is 29.4 Å². The monoisotopic (exact) mass is 313 g/mol. The summed E-state index contributed by atoms with van der Waals surface area (Å²) >= 11 is 1.85. The van der Waals surface area contributed by atoms with E-state index in [1.165, 1.54) is 18.6 Å². The van der Waals surface area contributed by atoms with Gasteiger partial charge >= 0.3 is 12.0 Å². The molecule has 1 aromatic heterocycles. The molecule has 0 spiro atoms. The molecule has 1 heterocycles. The van der Waals surface area contributed by atoms with Crippen LogP contribution in [0.3, 0.4) is 0 Å². The summed E-state index contributed by atoms with van der Waals surface area (Å²) in [7, 11) is 0. The lowest BCUT2D eigenvalue weighted by Crippen LogP contribution is -2.30. The number of carboxylic acids is 1. The summed E-state index contributed by atoms with van der Waals surface area (Å²) in [5.74, 6) is 0.0887. The number of nitrogens with one attached hydrogen (secondary N) is 3. The van der Waals surface area contributed by atoms with Crippen molar-refractivity contribution in [3.05, 3.63) is 17.5 Å². The number of rotatable bonds is 9. The lowest BCUT2D eigenvalue weighted by atomic mass is 10.2. The number of aromatic amines is 1. The van der Waals surface area contributed by atoms with Crippen molar-refractivity contribution < 1.29 is 14.7 Å². The molecule has 1 aromatic rings. The largest absolute Gasteiger partial charge is 0.477 e. The number of hydrogen-bond acceptors (Lipinski definition) is 3. The highest BCUT2D eigenvalue weighted by molar-refractivity contribution is 7.98. The van der Waals surface area contributed by atoms with Crippen LogP contribution >= 0.6 is 11.8 Å². The molecule has 7 heteroatoms. The van der Waals surface area contributed by atoms with Crippen molar-refractivity contribution in [2.75, 3.05) is 23.9 Å². The van der Waals surface area contributed by atoms with Gasteiger partial charge in [-0.15, -0.1) is 0 Å². The molecule has 0 atom stereocenters. The number of thioether (sulfide) groups is 1. The second kappa shape index (κ2) is 9.33. The lowest BCUT2D eigenvalue weighted by molar-refractivity contribution is 0.0692. The van der Waals surface area contributed by atoms with E-state index in [0.717, 1.165) is 12.8 Å². The molecule has 0 unspecified atom stereocenters. The third-order valence-corrected chi connectivity index (χ3v) is 3.67. The van der Waals surface area contributed by atoms with Crippen molar-refractivity contribution in [3.63, 3.8) is 0 Å². The maximum absolute atomic E-state index is 11.7. The summed E-state index contributed by atoms with van der Waals surface area (Å²) in [6.45, 7) is 2.33. The van der Waals surface area contributed by atoms with Gasteiger partial charge in [0.1, 0.15) is 5.69 Å². The molecule has 0 aliphatic carbocycles. The van der Waals surface area contributed by atoms with E-state index in [4.69, 9.17) is 5.11 Å². The fourth-order valence-electron chi connectivity index (χ4n) is 1.95. The minimum absolute atomic E-state index is 0.000263. The number of aryl methyl sites for hydroxylation is 1. The number of aromatic nitrogens is 1. The molecule has 2 amide bonds. The first-order valence-electron chi connectivity index (χ1n) is 7.01. The highest BCUT2D eigenvalue weighted by atomic mass is 32.2. The number of amides is 2. The van der Waals surface area contributed by atoms with Gasteiger partial charge in [0, 0.05) is 12.2 Å². The quantitative estimate of drug-likeness (QED) is 0.527. The second-order valence-corrected chi connectivity index (χ2v) is 5.82. The first kappa shape index (κ1) is 17.4. The predicted molar refractivity (Wildman–Crippen MR) is 86.4 cm³/mol. The number of carbonyl (C=O) groups excluding carboxylic acids is 1. The number of aromatic carboxylic acids is 1. The number of carboxylic acid groups (broad SMARTS) is 1. The Labute approximate surface area is 129 Å². The van der Waals surface area contributed by atoms with Crippen molar-refractivity contribution in [2.24, 2.45) is 0 Å².